The van der Waals surface area contributed by atoms with Gasteiger partial charge in [0.05, 0.1) is 11.8 Å². The van der Waals surface area contributed by atoms with Gasteiger partial charge in [-0.1, -0.05) is 109 Å². The molecule has 1 unspecified atom stereocenters. The third-order valence-corrected chi connectivity index (χ3v) is 8.02. The molecule has 0 fully saturated rings. The van der Waals surface area contributed by atoms with E-state index < -0.39 is 0 Å². The molecule has 0 saturated carbocycles. The van der Waals surface area contributed by atoms with Gasteiger partial charge >= 0.3 is 0 Å². The number of hydrogen-bond donors (Lipinski definition) is 0. The fourth-order valence-corrected chi connectivity index (χ4v) is 5.58. The number of ether oxygens (including phenoxy) is 2. The number of hydrazone groups is 1. The van der Waals surface area contributed by atoms with Crippen molar-refractivity contribution in [3.05, 3.63) is 180 Å². The van der Waals surface area contributed by atoms with Gasteiger partial charge in [-0.3, -0.25) is 0 Å². The van der Waals surface area contributed by atoms with Crippen LogP contribution in [0.1, 0.15) is 34.7 Å². The van der Waals surface area contributed by atoms with Crippen molar-refractivity contribution in [3.63, 3.8) is 0 Å². The highest BCUT2D eigenvalue weighted by Crippen LogP contribution is 2.40. The molecule has 7 rings (SSSR count). The Labute approximate surface area is 268 Å². The predicted octanol–water partition coefficient (Wildman–Crippen LogP) is 9.40. The molecule has 46 heavy (non-hydrogen) atoms. The second-order valence-corrected chi connectivity index (χ2v) is 11.1. The summed E-state index contributed by atoms with van der Waals surface area (Å²) < 4.78 is 26.2. The Hall–Kier alpha value is -5.75. The average Bonchev–Trinajstić information content (AvgIpc) is 3.57. The molecule has 1 atom stereocenters. The summed E-state index contributed by atoms with van der Waals surface area (Å²) in [4.78, 5) is 4.64. The van der Waals surface area contributed by atoms with Crippen molar-refractivity contribution in [1.29, 1.82) is 0 Å². The molecule has 0 N–H and O–H groups in total. The van der Waals surface area contributed by atoms with E-state index in [4.69, 9.17) is 14.6 Å². The Bertz CT molecular complexity index is 1910. The van der Waals surface area contributed by atoms with Gasteiger partial charge in [0.15, 0.2) is 11.5 Å². The summed E-state index contributed by atoms with van der Waals surface area (Å²) in [6.07, 6.45) is 2.46. The zero-order chi connectivity index (χ0) is 31.1. The highest BCUT2D eigenvalue weighted by molar-refractivity contribution is 6.03. The molecule has 0 saturated heterocycles. The molecule has 0 spiro atoms. The second kappa shape index (κ2) is 13.5. The lowest BCUT2D eigenvalue weighted by Crippen LogP contribution is -2.19. The molecule has 1 aliphatic heterocycles. The molecular formula is C40H32FN3O2. The van der Waals surface area contributed by atoms with Crippen molar-refractivity contribution in [3.8, 4) is 22.6 Å². The second-order valence-electron chi connectivity index (χ2n) is 11.1. The maximum atomic E-state index is 13.5. The molecule has 226 valence electrons. The summed E-state index contributed by atoms with van der Waals surface area (Å²) in [5, 5.41) is 7.08. The number of hydrogen-bond acceptors (Lipinski definition) is 5. The highest BCUT2D eigenvalue weighted by Gasteiger charge is 2.31. The van der Waals surface area contributed by atoms with Gasteiger partial charge in [0.25, 0.3) is 0 Å². The Kier molecular flexibility index (Phi) is 8.50. The standard InChI is InChI=1S/C40H32FN3O2/c41-35-21-18-32(19-22-35)31-14-16-33(17-15-31)36-26-37(44(43-36)40-13-7-8-24-42-40)34-20-23-38(45-27-29-9-3-1-4-10-29)39(25-34)46-28-30-11-5-2-6-12-30/h1-25,37H,26-28H2. The monoisotopic (exact) mass is 605 g/mol. The van der Waals surface area contributed by atoms with Crippen LogP contribution >= 0.6 is 0 Å². The average molecular weight is 606 g/mol. The highest BCUT2D eigenvalue weighted by atomic mass is 19.1. The smallest absolute Gasteiger partial charge is 0.162 e. The van der Waals surface area contributed by atoms with Crippen LogP contribution < -0.4 is 14.5 Å². The zero-order valence-corrected chi connectivity index (χ0v) is 25.2. The molecule has 1 aliphatic rings. The number of anilines is 1. The van der Waals surface area contributed by atoms with Crippen molar-refractivity contribution in [2.75, 3.05) is 5.01 Å². The first-order chi connectivity index (χ1) is 22.7. The summed E-state index contributed by atoms with van der Waals surface area (Å²) in [5.41, 5.74) is 7.17. The van der Waals surface area contributed by atoms with Crippen LogP contribution in [0.25, 0.3) is 11.1 Å². The fourth-order valence-electron chi connectivity index (χ4n) is 5.58. The first-order valence-electron chi connectivity index (χ1n) is 15.3. The van der Waals surface area contributed by atoms with Gasteiger partial charge in [0.1, 0.15) is 24.8 Å². The third kappa shape index (κ3) is 6.66. The number of pyridine rings is 1. The largest absolute Gasteiger partial charge is 0.485 e. The van der Waals surface area contributed by atoms with Gasteiger partial charge in [-0.25, -0.2) is 14.4 Å². The molecule has 6 heteroatoms. The van der Waals surface area contributed by atoms with Crippen LogP contribution in [0.15, 0.2) is 157 Å². The van der Waals surface area contributed by atoms with E-state index in [-0.39, 0.29) is 11.9 Å². The Morgan fingerprint density at radius 1 is 0.609 bits per heavy atom. The fraction of sp³-hybridized carbons (Fsp3) is 0.100. The molecule has 1 aromatic heterocycles. The number of nitrogens with zero attached hydrogens (tertiary/aromatic N) is 3. The Balaban J connectivity index is 1.19. The van der Waals surface area contributed by atoms with Gasteiger partial charge in [-0.15, -0.1) is 0 Å². The van der Waals surface area contributed by atoms with E-state index >= 15 is 0 Å². The van der Waals surface area contributed by atoms with E-state index in [1.807, 2.05) is 77.8 Å². The Morgan fingerprint density at radius 3 is 1.83 bits per heavy atom. The lowest BCUT2D eigenvalue weighted by Gasteiger charge is -2.24. The van der Waals surface area contributed by atoms with Crippen molar-refractivity contribution in [2.24, 2.45) is 5.10 Å². The van der Waals surface area contributed by atoms with E-state index in [9.17, 15) is 4.39 Å². The topological polar surface area (TPSA) is 47.0 Å². The molecule has 0 amide bonds. The molecule has 0 bridgehead atoms. The van der Waals surface area contributed by atoms with Crippen LogP contribution in [0.5, 0.6) is 11.5 Å². The number of rotatable bonds is 10. The maximum Gasteiger partial charge on any atom is 0.162 e. The van der Waals surface area contributed by atoms with Crippen LogP contribution in [0.3, 0.4) is 0 Å². The van der Waals surface area contributed by atoms with E-state index in [2.05, 4.69) is 53.5 Å². The molecule has 5 aromatic carbocycles. The SMILES string of the molecule is Fc1ccc(-c2ccc(C3=NN(c4ccccn4)C(c4ccc(OCc5ccccc5)c(OCc5ccccc5)c4)C3)cc2)cc1. The normalized spacial score (nSPS) is 14.2. The van der Waals surface area contributed by atoms with Crippen molar-refractivity contribution < 1.29 is 13.9 Å². The van der Waals surface area contributed by atoms with Gasteiger partial charge in [0, 0.05) is 12.6 Å². The van der Waals surface area contributed by atoms with Crippen LogP contribution in [0, 0.1) is 5.82 Å². The van der Waals surface area contributed by atoms with Gasteiger partial charge < -0.3 is 9.47 Å². The maximum absolute atomic E-state index is 13.5. The molecule has 5 nitrogen and oxygen atoms in total. The summed E-state index contributed by atoms with van der Waals surface area (Å²) in [6.45, 7) is 0.856. The van der Waals surface area contributed by atoms with E-state index in [1.165, 1.54) is 12.1 Å². The van der Waals surface area contributed by atoms with Crippen LogP contribution in [-0.4, -0.2) is 10.7 Å². The molecule has 0 radical (unpaired) electrons. The van der Waals surface area contributed by atoms with Crippen molar-refractivity contribution in [1.82, 2.24) is 4.98 Å². The first-order valence-corrected chi connectivity index (χ1v) is 15.3. The van der Waals surface area contributed by atoms with Gasteiger partial charge in [0.2, 0.25) is 0 Å². The minimum absolute atomic E-state index is 0.107. The number of benzene rings is 5. The lowest BCUT2D eigenvalue weighted by molar-refractivity contribution is 0.255. The summed E-state index contributed by atoms with van der Waals surface area (Å²) >= 11 is 0. The quantitative estimate of drug-likeness (QED) is 0.156. The van der Waals surface area contributed by atoms with Crippen molar-refractivity contribution >= 4 is 11.5 Å². The third-order valence-electron chi connectivity index (χ3n) is 8.02. The lowest BCUT2D eigenvalue weighted by atomic mass is 9.96. The van der Waals surface area contributed by atoms with Crippen molar-refractivity contribution in [2.45, 2.75) is 25.7 Å². The zero-order valence-electron chi connectivity index (χ0n) is 25.2. The van der Waals surface area contributed by atoms with Gasteiger partial charge in [-0.05, 0) is 69.8 Å². The van der Waals surface area contributed by atoms with Crippen LogP contribution in [0.2, 0.25) is 0 Å². The van der Waals surface area contributed by atoms with E-state index in [0.29, 0.717) is 31.1 Å². The summed E-state index contributed by atoms with van der Waals surface area (Å²) in [7, 11) is 0. The molecule has 6 aromatic rings. The predicted molar refractivity (Wildman–Crippen MR) is 180 cm³/mol. The molecule has 2 heterocycles. The summed E-state index contributed by atoms with van der Waals surface area (Å²) in [6, 6.07) is 46.9. The minimum Gasteiger partial charge on any atom is -0.485 e. The van der Waals surface area contributed by atoms with E-state index in [1.54, 1.807) is 18.3 Å². The Morgan fingerprint density at radius 2 is 1.20 bits per heavy atom. The summed E-state index contributed by atoms with van der Waals surface area (Å²) in [5.74, 6) is 1.88. The minimum atomic E-state index is -0.245. The molecule has 0 aliphatic carbocycles. The van der Waals surface area contributed by atoms with Crippen LogP contribution in [0.4, 0.5) is 10.2 Å². The van der Waals surface area contributed by atoms with E-state index in [0.717, 1.165) is 44.9 Å². The number of halogens is 1. The van der Waals surface area contributed by atoms with Crippen LogP contribution in [-0.2, 0) is 13.2 Å². The molecular weight excluding hydrogens is 573 g/mol. The van der Waals surface area contributed by atoms with Gasteiger partial charge in [-0.2, -0.15) is 5.10 Å². The first kappa shape index (κ1) is 29.0. The number of aromatic nitrogens is 1.